The molecule has 0 unspecified atom stereocenters. The van der Waals surface area contributed by atoms with Crippen molar-refractivity contribution in [2.45, 2.75) is 20.4 Å². The molecule has 7 heteroatoms. The van der Waals surface area contributed by atoms with Crippen molar-refractivity contribution >= 4 is 28.8 Å². The molecule has 0 bridgehead atoms. The number of nitrogens with one attached hydrogen (secondary N) is 1. The second kappa shape index (κ2) is 7.85. The van der Waals surface area contributed by atoms with Crippen molar-refractivity contribution in [3.05, 3.63) is 63.1 Å². The van der Waals surface area contributed by atoms with E-state index in [-0.39, 0.29) is 5.91 Å². The zero-order chi connectivity index (χ0) is 18.7. The number of benzene rings is 2. The van der Waals surface area contributed by atoms with Crippen molar-refractivity contribution in [2.75, 3.05) is 7.11 Å². The summed E-state index contributed by atoms with van der Waals surface area (Å²) >= 11 is 7.49. The maximum Gasteiger partial charge on any atom is 0.253 e. The van der Waals surface area contributed by atoms with E-state index in [4.69, 9.17) is 16.3 Å². The number of nitrogens with zero attached hydrogens (tertiary/aromatic N) is 2. The highest BCUT2D eigenvalue weighted by Gasteiger charge is 2.13. The van der Waals surface area contributed by atoms with E-state index in [0.29, 0.717) is 17.1 Å². The molecule has 1 aromatic heterocycles. The first-order valence-electron chi connectivity index (χ1n) is 8.00. The Labute approximate surface area is 161 Å². The van der Waals surface area contributed by atoms with Crippen LogP contribution in [0.5, 0.6) is 5.75 Å². The lowest BCUT2D eigenvalue weighted by atomic mass is 10.1. The topological polar surface area (TPSA) is 64.1 Å². The summed E-state index contributed by atoms with van der Waals surface area (Å²) in [6, 6.07) is 11.0. The second-order valence-corrected chi connectivity index (χ2v) is 7.28. The summed E-state index contributed by atoms with van der Waals surface area (Å²) in [5, 5.41) is 13.2. The SMILES string of the molecule is COc1c(C)cc(-c2nnc(CNC(=O)c3ccccc3Cl)s2)cc1C. The molecular weight excluding hydrogens is 370 g/mol. The number of methoxy groups -OCH3 is 1. The molecule has 1 heterocycles. The normalized spacial score (nSPS) is 10.6. The van der Waals surface area contributed by atoms with Gasteiger partial charge in [-0.3, -0.25) is 4.79 Å². The summed E-state index contributed by atoms with van der Waals surface area (Å²) in [6.45, 7) is 4.30. The third kappa shape index (κ3) is 3.86. The van der Waals surface area contributed by atoms with Gasteiger partial charge in [0.05, 0.1) is 24.2 Å². The quantitative estimate of drug-likeness (QED) is 0.704. The molecule has 0 aliphatic carbocycles. The third-order valence-electron chi connectivity index (χ3n) is 3.90. The molecule has 26 heavy (non-hydrogen) atoms. The smallest absolute Gasteiger partial charge is 0.253 e. The van der Waals surface area contributed by atoms with Crippen molar-refractivity contribution in [2.24, 2.45) is 0 Å². The van der Waals surface area contributed by atoms with Gasteiger partial charge in [0.15, 0.2) is 0 Å². The van der Waals surface area contributed by atoms with Gasteiger partial charge in [-0.2, -0.15) is 0 Å². The Morgan fingerprint density at radius 3 is 2.54 bits per heavy atom. The predicted molar refractivity (Wildman–Crippen MR) is 104 cm³/mol. The van der Waals surface area contributed by atoms with Gasteiger partial charge in [-0.15, -0.1) is 10.2 Å². The molecule has 3 aromatic rings. The number of aromatic nitrogens is 2. The monoisotopic (exact) mass is 387 g/mol. The molecule has 0 atom stereocenters. The van der Waals surface area contributed by atoms with Gasteiger partial charge in [0.25, 0.3) is 5.91 Å². The van der Waals surface area contributed by atoms with Gasteiger partial charge >= 0.3 is 0 Å². The molecule has 1 amide bonds. The summed E-state index contributed by atoms with van der Waals surface area (Å²) in [6.07, 6.45) is 0. The van der Waals surface area contributed by atoms with Crippen LogP contribution in [-0.2, 0) is 6.54 Å². The van der Waals surface area contributed by atoms with E-state index in [1.807, 2.05) is 26.0 Å². The Balaban J connectivity index is 1.73. The molecule has 1 N–H and O–H groups in total. The van der Waals surface area contributed by atoms with Crippen LogP contribution >= 0.6 is 22.9 Å². The van der Waals surface area contributed by atoms with Crippen LogP contribution in [0.3, 0.4) is 0 Å². The first-order valence-corrected chi connectivity index (χ1v) is 9.19. The van der Waals surface area contributed by atoms with E-state index >= 15 is 0 Å². The Morgan fingerprint density at radius 1 is 1.19 bits per heavy atom. The highest BCUT2D eigenvalue weighted by molar-refractivity contribution is 7.14. The Bertz CT molecular complexity index is 932. The number of amides is 1. The van der Waals surface area contributed by atoms with Crippen LogP contribution in [0.1, 0.15) is 26.5 Å². The number of rotatable bonds is 5. The van der Waals surface area contributed by atoms with Gasteiger partial charge in [-0.25, -0.2) is 0 Å². The van der Waals surface area contributed by atoms with Crippen molar-refractivity contribution in [3.63, 3.8) is 0 Å². The number of aryl methyl sites for hydroxylation is 2. The number of carbonyl (C=O) groups excluding carboxylic acids is 1. The van der Waals surface area contributed by atoms with Gasteiger partial charge in [-0.1, -0.05) is 35.1 Å². The van der Waals surface area contributed by atoms with Crippen molar-refractivity contribution in [3.8, 4) is 16.3 Å². The maximum atomic E-state index is 12.2. The lowest BCUT2D eigenvalue weighted by Gasteiger charge is -2.09. The Kier molecular flexibility index (Phi) is 5.54. The highest BCUT2D eigenvalue weighted by Crippen LogP contribution is 2.31. The molecule has 0 saturated heterocycles. The van der Waals surface area contributed by atoms with Crippen molar-refractivity contribution in [1.29, 1.82) is 0 Å². The van der Waals surface area contributed by atoms with Gasteiger partial charge in [0.2, 0.25) is 0 Å². The zero-order valence-corrected chi connectivity index (χ0v) is 16.2. The minimum Gasteiger partial charge on any atom is -0.496 e. The van der Waals surface area contributed by atoms with Crippen LogP contribution in [0.25, 0.3) is 10.6 Å². The van der Waals surface area contributed by atoms with Crippen molar-refractivity contribution in [1.82, 2.24) is 15.5 Å². The van der Waals surface area contributed by atoms with E-state index in [1.165, 1.54) is 11.3 Å². The number of hydrogen-bond acceptors (Lipinski definition) is 5. The summed E-state index contributed by atoms with van der Waals surface area (Å²) < 4.78 is 5.40. The van der Waals surface area contributed by atoms with Crippen molar-refractivity contribution < 1.29 is 9.53 Å². The number of carbonyl (C=O) groups is 1. The van der Waals surface area contributed by atoms with Crippen LogP contribution < -0.4 is 10.1 Å². The molecule has 0 aliphatic heterocycles. The van der Waals surface area contributed by atoms with E-state index in [0.717, 1.165) is 32.5 Å². The molecule has 2 aromatic carbocycles. The van der Waals surface area contributed by atoms with E-state index in [1.54, 1.807) is 31.4 Å². The minimum absolute atomic E-state index is 0.233. The Morgan fingerprint density at radius 2 is 1.88 bits per heavy atom. The lowest BCUT2D eigenvalue weighted by molar-refractivity contribution is 0.0951. The second-order valence-electron chi connectivity index (χ2n) is 5.81. The third-order valence-corrected chi connectivity index (χ3v) is 5.20. The predicted octanol–water partition coefficient (Wildman–Crippen LogP) is 4.41. The zero-order valence-electron chi connectivity index (χ0n) is 14.7. The van der Waals surface area contributed by atoms with Gasteiger partial charge in [-0.05, 0) is 49.2 Å². The Hall–Kier alpha value is -2.44. The number of hydrogen-bond donors (Lipinski definition) is 1. The van der Waals surface area contributed by atoms with E-state index in [9.17, 15) is 4.79 Å². The first kappa shape index (κ1) is 18.4. The van der Waals surface area contributed by atoms with Gasteiger partial charge < -0.3 is 10.1 Å². The molecule has 0 radical (unpaired) electrons. The largest absolute Gasteiger partial charge is 0.496 e. The molecule has 0 aliphatic rings. The fourth-order valence-electron chi connectivity index (χ4n) is 2.73. The standard InChI is InChI=1S/C19H18ClN3O2S/c1-11-8-13(9-12(2)17(11)25-3)19-23-22-16(26-19)10-21-18(24)14-6-4-5-7-15(14)20/h4-9H,10H2,1-3H3,(H,21,24). The highest BCUT2D eigenvalue weighted by atomic mass is 35.5. The molecule has 0 saturated carbocycles. The number of halogens is 1. The van der Waals surface area contributed by atoms with E-state index < -0.39 is 0 Å². The molecular formula is C19H18ClN3O2S. The molecule has 5 nitrogen and oxygen atoms in total. The fraction of sp³-hybridized carbons (Fsp3) is 0.211. The summed E-state index contributed by atoms with van der Waals surface area (Å²) in [7, 11) is 1.67. The first-order chi connectivity index (χ1) is 12.5. The van der Waals surface area contributed by atoms with Crippen LogP contribution in [0.2, 0.25) is 5.02 Å². The fourth-order valence-corrected chi connectivity index (χ4v) is 3.72. The summed E-state index contributed by atoms with van der Waals surface area (Å²) in [4.78, 5) is 12.2. The summed E-state index contributed by atoms with van der Waals surface area (Å²) in [5.41, 5.74) is 3.53. The van der Waals surface area contributed by atoms with Crippen LogP contribution in [-0.4, -0.2) is 23.2 Å². The maximum absolute atomic E-state index is 12.2. The summed E-state index contributed by atoms with van der Waals surface area (Å²) in [5.74, 6) is 0.647. The average molecular weight is 388 g/mol. The minimum atomic E-state index is -0.233. The number of ether oxygens (including phenoxy) is 1. The molecule has 0 spiro atoms. The van der Waals surface area contributed by atoms with E-state index in [2.05, 4.69) is 15.5 Å². The van der Waals surface area contributed by atoms with Crippen LogP contribution in [0, 0.1) is 13.8 Å². The molecule has 134 valence electrons. The van der Waals surface area contributed by atoms with Crippen LogP contribution in [0.15, 0.2) is 36.4 Å². The molecule has 0 fully saturated rings. The van der Waals surface area contributed by atoms with Gasteiger partial charge in [0.1, 0.15) is 15.8 Å². The molecule has 3 rings (SSSR count). The van der Waals surface area contributed by atoms with Gasteiger partial charge in [0, 0.05) is 5.56 Å². The van der Waals surface area contributed by atoms with Crippen LogP contribution in [0.4, 0.5) is 0 Å². The average Bonchev–Trinajstić information content (AvgIpc) is 3.09. The lowest BCUT2D eigenvalue weighted by Crippen LogP contribution is -2.22.